The fourth-order valence-electron chi connectivity index (χ4n) is 3.25. The molecule has 1 amide bonds. The minimum atomic E-state index is -0.499. The van der Waals surface area contributed by atoms with Crippen LogP contribution in [0.4, 0.5) is 0 Å². The summed E-state index contributed by atoms with van der Waals surface area (Å²) in [6.45, 7) is 3.07. The van der Waals surface area contributed by atoms with Crippen molar-refractivity contribution in [3.05, 3.63) is 53.9 Å². The molecule has 0 aliphatic carbocycles. The Morgan fingerprint density at radius 3 is 2.88 bits per heavy atom. The van der Waals surface area contributed by atoms with Crippen LogP contribution in [-0.2, 0) is 13.0 Å². The van der Waals surface area contributed by atoms with Gasteiger partial charge in [-0.2, -0.15) is 0 Å². The number of hydrogen-bond donors (Lipinski definition) is 1. The summed E-state index contributed by atoms with van der Waals surface area (Å²) in [4.78, 5) is 26.3. The van der Waals surface area contributed by atoms with Gasteiger partial charge in [0.15, 0.2) is 0 Å². The summed E-state index contributed by atoms with van der Waals surface area (Å²) in [5.41, 5.74) is 7.61. The molecule has 6 nitrogen and oxygen atoms in total. The minimum Gasteiger partial charge on any atom is -0.364 e. The van der Waals surface area contributed by atoms with E-state index in [4.69, 9.17) is 5.73 Å². The molecule has 0 unspecified atom stereocenters. The molecule has 0 aromatic carbocycles. The van der Waals surface area contributed by atoms with Gasteiger partial charge in [-0.1, -0.05) is 6.07 Å². The minimum absolute atomic E-state index is 0.297. The van der Waals surface area contributed by atoms with E-state index >= 15 is 0 Å². The standard InChI is InChI=1S/C18H23N5O/c19-18(24)17-11-16(21-13-22-17)10-14-4-3-8-23(9-6-14)12-15-5-1-2-7-20-15/h1-2,5,7,11,13-14H,3-4,6,8-10,12H2,(H2,19,24)/t14-/m1/s1. The highest BCUT2D eigenvalue weighted by Gasteiger charge is 2.18. The van der Waals surface area contributed by atoms with Crippen molar-refractivity contribution in [1.82, 2.24) is 19.9 Å². The van der Waals surface area contributed by atoms with Crippen LogP contribution in [0.15, 0.2) is 36.8 Å². The lowest BCUT2D eigenvalue weighted by Gasteiger charge is -2.19. The molecule has 0 radical (unpaired) electrons. The second-order valence-electron chi connectivity index (χ2n) is 6.36. The number of hydrogen-bond acceptors (Lipinski definition) is 5. The number of carbonyl (C=O) groups excluding carboxylic acids is 1. The van der Waals surface area contributed by atoms with E-state index in [1.54, 1.807) is 6.07 Å². The zero-order chi connectivity index (χ0) is 16.8. The zero-order valence-electron chi connectivity index (χ0n) is 13.8. The van der Waals surface area contributed by atoms with Gasteiger partial charge in [-0.25, -0.2) is 9.97 Å². The van der Waals surface area contributed by atoms with E-state index in [0.29, 0.717) is 11.6 Å². The van der Waals surface area contributed by atoms with Crippen molar-refractivity contribution in [3.63, 3.8) is 0 Å². The Bertz CT molecular complexity index is 676. The Labute approximate surface area is 142 Å². The SMILES string of the molecule is NC(=O)c1cc(C[C@@H]2CCCN(Cc3ccccn3)CC2)ncn1. The number of nitrogens with two attached hydrogens (primary N) is 1. The molecule has 1 aliphatic heterocycles. The van der Waals surface area contributed by atoms with E-state index in [1.807, 2.05) is 18.3 Å². The van der Waals surface area contributed by atoms with Crippen LogP contribution in [0.1, 0.15) is 41.1 Å². The van der Waals surface area contributed by atoms with Gasteiger partial charge in [0.2, 0.25) is 0 Å². The number of rotatable bonds is 5. The Balaban J connectivity index is 1.55. The van der Waals surface area contributed by atoms with E-state index in [2.05, 4.69) is 25.9 Å². The molecule has 2 aromatic heterocycles. The first-order chi connectivity index (χ1) is 11.7. The molecule has 1 saturated heterocycles. The van der Waals surface area contributed by atoms with E-state index in [0.717, 1.165) is 43.9 Å². The van der Waals surface area contributed by atoms with Gasteiger partial charge in [0, 0.05) is 18.4 Å². The Morgan fingerprint density at radius 2 is 2.08 bits per heavy atom. The fourth-order valence-corrected chi connectivity index (χ4v) is 3.25. The van der Waals surface area contributed by atoms with Gasteiger partial charge in [-0.15, -0.1) is 0 Å². The van der Waals surface area contributed by atoms with Gasteiger partial charge in [0.1, 0.15) is 12.0 Å². The highest BCUT2D eigenvalue weighted by atomic mass is 16.1. The van der Waals surface area contributed by atoms with Crippen LogP contribution < -0.4 is 5.73 Å². The average molecular weight is 325 g/mol. The molecule has 6 heteroatoms. The van der Waals surface area contributed by atoms with Crippen LogP contribution in [0, 0.1) is 5.92 Å². The first-order valence-electron chi connectivity index (χ1n) is 8.43. The molecule has 1 fully saturated rings. The van der Waals surface area contributed by atoms with Crippen LogP contribution in [0.5, 0.6) is 0 Å². The predicted octanol–water partition coefficient (Wildman–Crippen LogP) is 1.82. The van der Waals surface area contributed by atoms with Crippen molar-refractivity contribution >= 4 is 5.91 Å². The third-order valence-corrected chi connectivity index (χ3v) is 4.53. The quantitative estimate of drug-likeness (QED) is 0.906. The Hall–Kier alpha value is -2.34. The lowest BCUT2D eigenvalue weighted by molar-refractivity contribution is 0.0995. The molecule has 3 heterocycles. The molecular weight excluding hydrogens is 302 g/mol. The number of pyridine rings is 1. The zero-order valence-corrected chi connectivity index (χ0v) is 13.8. The first-order valence-corrected chi connectivity index (χ1v) is 8.43. The summed E-state index contributed by atoms with van der Waals surface area (Å²) < 4.78 is 0. The maximum Gasteiger partial charge on any atom is 0.267 e. The summed E-state index contributed by atoms with van der Waals surface area (Å²) in [5, 5.41) is 0. The molecule has 0 bridgehead atoms. The number of nitrogens with zero attached hydrogens (tertiary/aromatic N) is 4. The summed E-state index contributed by atoms with van der Waals surface area (Å²) >= 11 is 0. The Kier molecular flexibility index (Phi) is 5.48. The molecule has 1 aliphatic rings. The van der Waals surface area contributed by atoms with E-state index in [-0.39, 0.29) is 0 Å². The maximum absolute atomic E-state index is 11.2. The van der Waals surface area contributed by atoms with Crippen LogP contribution in [-0.4, -0.2) is 38.8 Å². The van der Waals surface area contributed by atoms with Crippen molar-refractivity contribution in [1.29, 1.82) is 0 Å². The van der Waals surface area contributed by atoms with Gasteiger partial charge in [-0.3, -0.25) is 14.7 Å². The van der Waals surface area contributed by atoms with Crippen LogP contribution in [0.2, 0.25) is 0 Å². The van der Waals surface area contributed by atoms with Crippen molar-refractivity contribution in [2.24, 2.45) is 11.7 Å². The number of aromatic nitrogens is 3. The van der Waals surface area contributed by atoms with Crippen molar-refractivity contribution in [2.75, 3.05) is 13.1 Å². The molecule has 24 heavy (non-hydrogen) atoms. The molecule has 2 aromatic rings. The van der Waals surface area contributed by atoms with Crippen LogP contribution in [0.3, 0.4) is 0 Å². The fraction of sp³-hybridized carbons (Fsp3) is 0.444. The molecule has 3 rings (SSSR count). The number of primary amides is 1. The highest BCUT2D eigenvalue weighted by molar-refractivity contribution is 5.90. The van der Waals surface area contributed by atoms with Crippen molar-refractivity contribution in [3.8, 4) is 0 Å². The number of carbonyl (C=O) groups is 1. The second kappa shape index (κ2) is 7.97. The average Bonchev–Trinajstić information content (AvgIpc) is 2.81. The van der Waals surface area contributed by atoms with Crippen LogP contribution in [0.25, 0.3) is 0 Å². The third-order valence-electron chi connectivity index (χ3n) is 4.53. The molecule has 0 spiro atoms. The summed E-state index contributed by atoms with van der Waals surface area (Å²) in [6, 6.07) is 7.78. The largest absolute Gasteiger partial charge is 0.364 e. The van der Waals surface area contributed by atoms with Crippen LogP contribution >= 0.6 is 0 Å². The molecule has 1 atom stereocenters. The van der Waals surface area contributed by atoms with Gasteiger partial charge >= 0.3 is 0 Å². The molecular formula is C18H23N5O. The topological polar surface area (TPSA) is 85.0 Å². The first kappa shape index (κ1) is 16.5. The van der Waals surface area contributed by atoms with E-state index < -0.39 is 5.91 Å². The third kappa shape index (κ3) is 4.58. The predicted molar refractivity (Wildman–Crippen MR) is 91.1 cm³/mol. The second-order valence-corrected chi connectivity index (χ2v) is 6.36. The summed E-state index contributed by atoms with van der Waals surface area (Å²) in [6.07, 6.45) is 7.63. The van der Waals surface area contributed by atoms with Gasteiger partial charge in [0.25, 0.3) is 5.91 Å². The van der Waals surface area contributed by atoms with E-state index in [9.17, 15) is 4.79 Å². The van der Waals surface area contributed by atoms with E-state index in [1.165, 1.54) is 19.2 Å². The summed E-state index contributed by atoms with van der Waals surface area (Å²) in [5.74, 6) is 0.0791. The van der Waals surface area contributed by atoms with Gasteiger partial charge < -0.3 is 5.73 Å². The summed E-state index contributed by atoms with van der Waals surface area (Å²) in [7, 11) is 0. The lowest BCUT2D eigenvalue weighted by Crippen LogP contribution is -2.24. The smallest absolute Gasteiger partial charge is 0.267 e. The highest BCUT2D eigenvalue weighted by Crippen LogP contribution is 2.22. The molecule has 126 valence electrons. The molecule has 0 saturated carbocycles. The van der Waals surface area contributed by atoms with Gasteiger partial charge in [-0.05, 0) is 62.9 Å². The van der Waals surface area contributed by atoms with Gasteiger partial charge in [0.05, 0.1) is 5.69 Å². The maximum atomic E-state index is 11.2. The number of likely N-dealkylation sites (tertiary alicyclic amines) is 1. The monoisotopic (exact) mass is 325 g/mol. The lowest BCUT2D eigenvalue weighted by atomic mass is 9.95. The Morgan fingerprint density at radius 1 is 1.17 bits per heavy atom. The number of amides is 1. The van der Waals surface area contributed by atoms with Crippen molar-refractivity contribution < 1.29 is 4.79 Å². The normalized spacial score (nSPS) is 18.9. The molecule has 2 N–H and O–H groups in total. The van der Waals surface area contributed by atoms with Crippen molar-refractivity contribution in [2.45, 2.75) is 32.2 Å².